The van der Waals surface area contributed by atoms with Crippen molar-refractivity contribution in [2.45, 2.75) is 18.9 Å². The van der Waals surface area contributed by atoms with Gasteiger partial charge < -0.3 is 26.2 Å². The van der Waals surface area contributed by atoms with Gasteiger partial charge in [0, 0.05) is 6.54 Å². The number of primary amides is 1. The molecule has 1 aromatic carbocycles. The number of hydrogen-bond donors (Lipinski definition) is 4. The van der Waals surface area contributed by atoms with E-state index in [1.54, 1.807) is 0 Å². The van der Waals surface area contributed by atoms with Crippen molar-refractivity contribution < 1.29 is 24.6 Å². The van der Waals surface area contributed by atoms with Gasteiger partial charge >= 0.3 is 12.0 Å². The third-order valence-corrected chi connectivity index (χ3v) is 3.32. The number of carbonyl (C=O) groups excluding carboxylic acids is 2. The molecule has 0 saturated carbocycles. The number of carbonyl (C=O) groups is 3. The van der Waals surface area contributed by atoms with Crippen molar-refractivity contribution in [3.8, 4) is 5.75 Å². The Morgan fingerprint density at radius 2 is 2.05 bits per heavy atom. The lowest BCUT2D eigenvalue weighted by Gasteiger charge is -2.23. The number of likely N-dealkylation sites (tertiary alicyclic amines) is 1. The van der Waals surface area contributed by atoms with E-state index in [0.717, 1.165) is 6.07 Å². The van der Waals surface area contributed by atoms with Crippen LogP contribution in [0.2, 0.25) is 0 Å². The second-order valence-corrected chi connectivity index (χ2v) is 4.72. The van der Waals surface area contributed by atoms with Gasteiger partial charge in [0.15, 0.2) is 0 Å². The molecule has 2 rings (SSSR count). The Bertz CT molecular complexity index is 601. The molecule has 3 amide bonds. The van der Waals surface area contributed by atoms with E-state index in [2.05, 4.69) is 5.32 Å². The van der Waals surface area contributed by atoms with Crippen molar-refractivity contribution in [3.63, 3.8) is 0 Å². The van der Waals surface area contributed by atoms with E-state index in [1.165, 1.54) is 17.0 Å². The lowest BCUT2D eigenvalue weighted by atomic mass is 10.1. The van der Waals surface area contributed by atoms with Crippen molar-refractivity contribution in [3.05, 3.63) is 23.8 Å². The van der Waals surface area contributed by atoms with E-state index in [-0.39, 0.29) is 17.0 Å². The van der Waals surface area contributed by atoms with Crippen LogP contribution in [0.3, 0.4) is 0 Å². The number of hydrogen-bond acceptors (Lipinski definition) is 4. The van der Waals surface area contributed by atoms with Crippen LogP contribution >= 0.6 is 0 Å². The lowest BCUT2D eigenvalue weighted by Crippen LogP contribution is -2.45. The van der Waals surface area contributed by atoms with Crippen LogP contribution < -0.4 is 11.1 Å². The Labute approximate surface area is 120 Å². The molecule has 0 aromatic heterocycles. The number of phenolic OH excluding ortho intramolecular Hbond substituents is 1. The summed E-state index contributed by atoms with van der Waals surface area (Å²) in [5.41, 5.74) is 5.03. The largest absolute Gasteiger partial charge is 0.508 e. The fraction of sp³-hybridized carbons (Fsp3) is 0.308. The molecule has 1 fully saturated rings. The van der Waals surface area contributed by atoms with Gasteiger partial charge in [-0.3, -0.25) is 4.79 Å². The van der Waals surface area contributed by atoms with Crippen LogP contribution in [0.4, 0.5) is 10.5 Å². The standard InChI is InChI=1S/C13H15N3O5/c14-11(18)10-2-1-5-16(10)13(21)15-9-4-3-7(17)6-8(9)12(19)20/h3-4,6,10,17H,1-2,5H2,(H2,14,18)(H,15,21)(H,19,20). The maximum Gasteiger partial charge on any atom is 0.337 e. The number of carboxylic acid groups (broad SMARTS) is 1. The molecule has 1 unspecified atom stereocenters. The summed E-state index contributed by atoms with van der Waals surface area (Å²) in [4.78, 5) is 35.8. The second-order valence-electron chi connectivity index (χ2n) is 4.72. The molecule has 0 bridgehead atoms. The van der Waals surface area contributed by atoms with E-state index in [1.807, 2.05) is 0 Å². The molecule has 1 aromatic rings. The molecule has 112 valence electrons. The summed E-state index contributed by atoms with van der Waals surface area (Å²) in [7, 11) is 0. The molecular weight excluding hydrogens is 278 g/mol. The number of carboxylic acids is 1. The number of nitrogens with one attached hydrogen (secondary N) is 1. The van der Waals surface area contributed by atoms with Gasteiger partial charge in [0.25, 0.3) is 0 Å². The maximum atomic E-state index is 12.1. The first-order valence-electron chi connectivity index (χ1n) is 6.33. The zero-order valence-corrected chi connectivity index (χ0v) is 11.1. The molecule has 1 saturated heterocycles. The van der Waals surface area contributed by atoms with Gasteiger partial charge in [-0.1, -0.05) is 0 Å². The minimum absolute atomic E-state index is 0.0421. The van der Waals surface area contributed by atoms with Crippen molar-refractivity contribution in [1.82, 2.24) is 4.90 Å². The average Bonchev–Trinajstić information content (AvgIpc) is 2.90. The molecule has 0 aliphatic carbocycles. The SMILES string of the molecule is NC(=O)C1CCCN1C(=O)Nc1ccc(O)cc1C(=O)O. The molecule has 0 spiro atoms. The van der Waals surface area contributed by atoms with Crippen LogP contribution in [0.5, 0.6) is 5.75 Å². The maximum absolute atomic E-state index is 12.1. The number of nitrogens with two attached hydrogens (primary N) is 1. The van der Waals surface area contributed by atoms with E-state index in [4.69, 9.17) is 10.8 Å². The van der Waals surface area contributed by atoms with Crippen LogP contribution in [0.15, 0.2) is 18.2 Å². The minimum Gasteiger partial charge on any atom is -0.508 e. The Morgan fingerprint density at radius 3 is 2.67 bits per heavy atom. The molecule has 1 atom stereocenters. The highest BCUT2D eigenvalue weighted by Crippen LogP contribution is 2.23. The van der Waals surface area contributed by atoms with Gasteiger partial charge in [0.1, 0.15) is 11.8 Å². The second kappa shape index (κ2) is 5.70. The quantitative estimate of drug-likeness (QED) is 0.605. The molecule has 1 aliphatic heterocycles. The summed E-state index contributed by atoms with van der Waals surface area (Å²) in [6, 6.07) is 2.30. The number of phenols is 1. The molecule has 21 heavy (non-hydrogen) atoms. The van der Waals surface area contributed by atoms with Gasteiger partial charge in [0.2, 0.25) is 5.91 Å². The van der Waals surface area contributed by atoms with Gasteiger partial charge in [0.05, 0.1) is 11.3 Å². The zero-order chi connectivity index (χ0) is 15.6. The highest BCUT2D eigenvalue weighted by atomic mass is 16.4. The zero-order valence-electron chi connectivity index (χ0n) is 11.1. The van der Waals surface area contributed by atoms with Gasteiger partial charge in [-0.05, 0) is 31.0 Å². The van der Waals surface area contributed by atoms with E-state index >= 15 is 0 Å². The van der Waals surface area contributed by atoms with Crippen molar-refractivity contribution in [1.29, 1.82) is 0 Å². The van der Waals surface area contributed by atoms with E-state index in [9.17, 15) is 19.5 Å². The third-order valence-electron chi connectivity index (χ3n) is 3.32. The molecular formula is C13H15N3O5. The van der Waals surface area contributed by atoms with Gasteiger partial charge in [-0.2, -0.15) is 0 Å². The Kier molecular flexibility index (Phi) is 3.97. The summed E-state index contributed by atoms with van der Waals surface area (Å²) < 4.78 is 0. The first-order valence-corrected chi connectivity index (χ1v) is 6.33. The van der Waals surface area contributed by atoms with Crippen LogP contribution in [0.25, 0.3) is 0 Å². The predicted molar refractivity (Wildman–Crippen MR) is 73.0 cm³/mol. The molecule has 0 radical (unpaired) electrons. The van der Waals surface area contributed by atoms with E-state index < -0.39 is 23.9 Å². The number of rotatable bonds is 3. The predicted octanol–water partition coefficient (Wildman–Crippen LogP) is 0.572. The summed E-state index contributed by atoms with van der Waals surface area (Å²) in [6.07, 6.45) is 1.15. The van der Waals surface area contributed by atoms with Crippen molar-refractivity contribution in [2.24, 2.45) is 5.73 Å². The van der Waals surface area contributed by atoms with E-state index in [0.29, 0.717) is 19.4 Å². The van der Waals surface area contributed by atoms with Crippen LogP contribution in [0.1, 0.15) is 23.2 Å². The number of nitrogens with zero attached hydrogens (tertiary/aromatic N) is 1. The smallest absolute Gasteiger partial charge is 0.337 e. The summed E-state index contributed by atoms with van der Waals surface area (Å²) >= 11 is 0. The highest BCUT2D eigenvalue weighted by molar-refractivity contribution is 6.01. The number of aromatic carboxylic acids is 1. The molecule has 8 nitrogen and oxygen atoms in total. The average molecular weight is 293 g/mol. The number of amides is 3. The molecule has 8 heteroatoms. The van der Waals surface area contributed by atoms with Crippen LogP contribution in [-0.2, 0) is 4.79 Å². The summed E-state index contributed by atoms with van der Waals surface area (Å²) in [5.74, 6) is -2.09. The first-order chi connectivity index (χ1) is 9.90. The first kappa shape index (κ1) is 14.6. The van der Waals surface area contributed by atoms with Gasteiger partial charge in [-0.25, -0.2) is 9.59 Å². The minimum atomic E-state index is -1.28. The monoisotopic (exact) mass is 293 g/mol. The van der Waals surface area contributed by atoms with Crippen LogP contribution in [-0.4, -0.2) is 45.6 Å². The van der Waals surface area contributed by atoms with Crippen molar-refractivity contribution >= 4 is 23.6 Å². The number of benzene rings is 1. The lowest BCUT2D eigenvalue weighted by molar-refractivity contribution is -0.121. The normalized spacial score (nSPS) is 17.5. The Balaban J connectivity index is 2.20. The fourth-order valence-corrected chi connectivity index (χ4v) is 2.31. The number of anilines is 1. The Morgan fingerprint density at radius 1 is 1.33 bits per heavy atom. The van der Waals surface area contributed by atoms with Gasteiger partial charge in [-0.15, -0.1) is 0 Å². The number of urea groups is 1. The summed E-state index contributed by atoms with van der Waals surface area (Å²) in [6.45, 7) is 0.375. The topological polar surface area (TPSA) is 133 Å². The fourth-order valence-electron chi connectivity index (χ4n) is 2.31. The van der Waals surface area contributed by atoms with Crippen molar-refractivity contribution in [2.75, 3.05) is 11.9 Å². The van der Waals surface area contributed by atoms with Crippen LogP contribution in [0, 0.1) is 0 Å². The molecule has 1 aliphatic rings. The Hall–Kier alpha value is -2.77. The highest BCUT2D eigenvalue weighted by Gasteiger charge is 2.33. The number of aromatic hydroxyl groups is 1. The molecule has 1 heterocycles. The summed E-state index contributed by atoms with van der Waals surface area (Å²) in [5, 5.41) is 20.8. The molecule has 5 N–H and O–H groups in total. The third kappa shape index (κ3) is 3.04.